The molecule has 2 aromatic carbocycles. The number of carbonyl (C=O) groups is 1. The van der Waals surface area contributed by atoms with Gasteiger partial charge in [-0.25, -0.2) is 9.87 Å². The number of halogens is 1. The van der Waals surface area contributed by atoms with E-state index >= 15 is 0 Å². The second-order valence-corrected chi connectivity index (χ2v) is 5.76. The Hall–Kier alpha value is -2.40. The minimum atomic E-state index is -0.839. The number of benzene rings is 2. The molecule has 4 nitrogen and oxygen atoms in total. The van der Waals surface area contributed by atoms with Crippen LogP contribution in [0.4, 0.5) is 10.1 Å². The van der Waals surface area contributed by atoms with E-state index in [0.29, 0.717) is 6.54 Å². The maximum atomic E-state index is 14.0. The minimum Gasteiger partial charge on any atom is -0.367 e. The number of hydroxylamine groups is 1. The maximum absolute atomic E-state index is 14.0. The summed E-state index contributed by atoms with van der Waals surface area (Å²) in [6, 6.07) is 12.8. The molecular weight excluding hydrogens is 295 g/mol. The summed E-state index contributed by atoms with van der Waals surface area (Å²) in [6.45, 7) is 1.52. The Morgan fingerprint density at radius 3 is 2.83 bits per heavy atom. The Bertz CT molecular complexity index is 718. The van der Waals surface area contributed by atoms with E-state index in [1.165, 1.54) is 28.9 Å². The molecule has 0 radical (unpaired) electrons. The molecule has 1 amide bonds. The number of carbonyl (C=O) groups excluding carboxylic acids is 1. The van der Waals surface area contributed by atoms with Crippen molar-refractivity contribution in [2.24, 2.45) is 0 Å². The van der Waals surface area contributed by atoms with Crippen LogP contribution in [0.5, 0.6) is 0 Å². The molecule has 1 aliphatic rings. The Kier molecular flexibility index (Phi) is 4.57. The van der Waals surface area contributed by atoms with Crippen LogP contribution in [-0.4, -0.2) is 17.7 Å². The summed E-state index contributed by atoms with van der Waals surface area (Å²) in [5.74, 6) is -1.47. The molecule has 1 aliphatic heterocycles. The third-order valence-electron chi connectivity index (χ3n) is 4.21. The van der Waals surface area contributed by atoms with Gasteiger partial charge < -0.3 is 4.90 Å². The zero-order chi connectivity index (χ0) is 16.2. The normalized spacial score (nSPS) is 14.1. The van der Waals surface area contributed by atoms with Crippen LogP contribution in [0.25, 0.3) is 0 Å². The average molecular weight is 314 g/mol. The van der Waals surface area contributed by atoms with Gasteiger partial charge in [0.25, 0.3) is 5.91 Å². The van der Waals surface area contributed by atoms with Crippen LogP contribution in [0.1, 0.15) is 34.3 Å². The molecule has 0 bridgehead atoms. The van der Waals surface area contributed by atoms with Gasteiger partial charge in [-0.1, -0.05) is 24.3 Å². The number of rotatable bonds is 3. The third-order valence-corrected chi connectivity index (χ3v) is 4.21. The summed E-state index contributed by atoms with van der Waals surface area (Å²) in [6.07, 6.45) is 3.32. The van der Waals surface area contributed by atoms with Crippen molar-refractivity contribution in [3.63, 3.8) is 0 Å². The Morgan fingerprint density at radius 1 is 1.22 bits per heavy atom. The number of para-hydroxylation sites is 1. The number of hydrogen-bond donors (Lipinski definition) is 2. The Morgan fingerprint density at radius 2 is 2.04 bits per heavy atom. The van der Waals surface area contributed by atoms with Crippen LogP contribution in [0, 0.1) is 5.82 Å². The lowest BCUT2D eigenvalue weighted by Crippen LogP contribution is -2.24. The molecule has 3 rings (SSSR count). The second-order valence-electron chi connectivity index (χ2n) is 5.76. The SMILES string of the molecule is O=C(NO)c1ccc(CN2CCCCc3ccccc32)cc1F. The van der Waals surface area contributed by atoms with Gasteiger partial charge in [0.2, 0.25) is 0 Å². The molecule has 0 saturated carbocycles. The molecule has 120 valence electrons. The lowest BCUT2D eigenvalue weighted by Gasteiger charge is -2.25. The number of anilines is 1. The molecule has 0 spiro atoms. The van der Waals surface area contributed by atoms with Crippen LogP contribution in [0.2, 0.25) is 0 Å². The molecule has 2 N–H and O–H groups in total. The standard InChI is InChI=1S/C18H19FN2O2/c19-16-11-13(8-9-15(16)18(22)20-23)12-21-10-4-3-6-14-5-1-2-7-17(14)21/h1-2,5,7-9,11,23H,3-4,6,10,12H2,(H,20,22). The lowest BCUT2D eigenvalue weighted by molar-refractivity contribution is 0.0702. The van der Waals surface area contributed by atoms with Crippen LogP contribution >= 0.6 is 0 Å². The molecule has 0 atom stereocenters. The van der Waals surface area contributed by atoms with E-state index < -0.39 is 11.7 Å². The lowest BCUT2D eigenvalue weighted by atomic mass is 10.1. The first-order valence-corrected chi connectivity index (χ1v) is 7.75. The molecule has 0 unspecified atom stereocenters. The van der Waals surface area contributed by atoms with Crippen LogP contribution in [-0.2, 0) is 13.0 Å². The van der Waals surface area contributed by atoms with Crippen molar-refractivity contribution < 1.29 is 14.4 Å². The second kappa shape index (κ2) is 6.79. The predicted octanol–water partition coefficient (Wildman–Crippen LogP) is 3.29. The van der Waals surface area contributed by atoms with Gasteiger partial charge in [-0.05, 0) is 48.6 Å². The zero-order valence-electron chi connectivity index (χ0n) is 12.8. The van der Waals surface area contributed by atoms with Crippen molar-refractivity contribution in [2.75, 3.05) is 11.4 Å². The van der Waals surface area contributed by atoms with Gasteiger partial charge in [0.15, 0.2) is 0 Å². The number of nitrogens with one attached hydrogen (secondary N) is 1. The first-order valence-electron chi connectivity index (χ1n) is 7.75. The number of fused-ring (bicyclic) bond motifs is 1. The average Bonchev–Trinajstić information content (AvgIpc) is 2.77. The highest BCUT2D eigenvalue weighted by Gasteiger charge is 2.16. The molecule has 0 fully saturated rings. The Balaban J connectivity index is 1.85. The van der Waals surface area contributed by atoms with Crippen molar-refractivity contribution in [3.8, 4) is 0 Å². The van der Waals surface area contributed by atoms with Crippen molar-refractivity contribution in [2.45, 2.75) is 25.8 Å². The fraction of sp³-hybridized carbons (Fsp3) is 0.278. The van der Waals surface area contributed by atoms with E-state index in [-0.39, 0.29) is 5.56 Å². The number of hydrogen-bond acceptors (Lipinski definition) is 3. The zero-order valence-corrected chi connectivity index (χ0v) is 12.8. The van der Waals surface area contributed by atoms with E-state index in [2.05, 4.69) is 17.0 Å². The quantitative estimate of drug-likeness (QED) is 0.675. The van der Waals surface area contributed by atoms with Gasteiger partial charge in [-0.15, -0.1) is 0 Å². The molecule has 5 heteroatoms. The van der Waals surface area contributed by atoms with Crippen molar-refractivity contribution >= 4 is 11.6 Å². The monoisotopic (exact) mass is 314 g/mol. The third kappa shape index (κ3) is 3.35. The van der Waals surface area contributed by atoms with Gasteiger partial charge in [0, 0.05) is 18.8 Å². The van der Waals surface area contributed by atoms with Gasteiger partial charge >= 0.3 is 0 Å². The van der Waals surface area contributed by atoms with Crippen LogP contribution < -0.4 is 10.4 Å². The van der Waals surface area contributed by atoms with Crippen LogP contribution in [0.3, 0.4) is 0 Å². The first kappa shape index (κ1) is 15.5. The van der Waals surface area contributed by atoms with Crippen molar-refractivity contribution in [1.82, 2.24) is 5.48 Å². The number of nitrogens with zero attached hydrogens (tertiary/aromatic N) is 1. The molecular formula is C18H19FN2O2. The van der Waals surface area contributed by atoms with Gasteiger partial charge in [-0.2, -0.15) is 0 Å². The summed E-state index contributed by atoms with van der Waals surface area (Å²) in [4.78, 5) is 13.6. The fourth-order valence-corrected chi connectivity index (χ4v) is 3.06. The highest BCUT2D eigenvalue weighted by molar-refractivity contribution is 5.93. The molecule has 0 aliphatic carbocycles. The van der Waals surface area contributed by atoms with E-state index in [9.17, 15) is 9.18 Å². The van der Waals surface area contributed by atoms with Gasteiger partial charge in [0.05, 0.1) is 5.56 Å². The smallest absolute Gasteiger partial charge is 0.277 e. The van der Waals surface area contributed by atoms with Gasteiger partial charge in [0.1, 0.15) is 5.82 Å². The molecule has 0 aromatic heterocycles. The topological polar surface area (TPSA) is 52.6 Å². The summed E-state index contributed by atoms with van der Waals surface area (Å²) in [5, 5.41) is 8.61. The Labute approximate surface area is 134 Å². The molecule has 2 aromatic rings. The van der Waals surface area contributed by atoms with E-state index in [1.54, 1.807) is 6.07 Å². The van der Waals surface area contributed by atoms with E-state index in [4.69, 9.17) is 5.21 Å². The summed E-state index contributed by atoms with van der Waals surface area (Å²) >= 11 is 0. The molecule has 0 saturated heterocycles. The minimum absolute atomic E-state index is 0.160. The highest BCUT2D eigenvalue weighted by Crippen LogP contribution is 2.27. The fourth-order valence-electron chi connectivity index (χ4n) is 3.06. The largest absolute Gasteiger partial charge is 0.367 e. The van der Waals surface area contributed by atoms with Gasteiger partial charge in [-0.3, -0.25) is 10.0 Å². The summed E-state index contributed by atoms with van der Waals surface area (Å²) in [5.41, 5.74) is 4.61. The highest BCUT2D eigenvalue weighted by atomic mass is 19.1. The van der Waals surface area contributed by atoms with Crippen LogP contribution in [0.15, 0.2) is 42.5 Å². The predicted molar refractivity (Wildman–Crippen MR) is 86.1 cm³/mol. The summed E-state index contributed by atoms with van der Waals surface area (Å²) in [7, 11) is 0. The van der Waals surface area contributed by atoms with Crippen molar-refractivity contribution in [1.29, 1.82) is 0 Å². The first-order chi connectivity index (χ1) is 11.2. The number of amides is 1. The maximum Gasteiger partial charge on any atom is 0.277 e. The molecule has 1 heterocycles. The summed E-state index contributed by atoms with van der Waals surface area (Å²) < 4.78 is 14.0. The molecule has 23 heavy (non-hydrogen) atoms. The van der Waals surface area contributed by atoms with Crippen molar-refractivity contribution in [3.05, 3.63) is 65.0 Å². The number of aryl methyl sites for hydroxylation is 1. The van der Waals surface area contributed by atoms with E-state index in [1.807, 2.05) is 12.1 Å². The van der Waals surface area contributed by atoms with E-state index in [0.717, 1.165) is 31.4 Å².